The van der Waals surface area contributed by atoms with Gasteiger partial charge in [0.1, 0.15) is 6.61 Å². The van der Waals surface area contributed by atoms with Crippen LogP contribution >= 0.6 is 15.9 Å². The third-order valence-electron chi connectivity index (χ3n) is 2.63. The molecule has 1 aromatic rings. The summed E-state index contributed by atoms with van der Waals surface area (Å²) in [5.74, 6) is -0.0885. The number of alkyl halides is 3. The Balaban J connectivity index is 2.31. The zero-order chi connectivity index (χ0) is 14.3. The number of hydrogen-bond acceptors (Lipinski definition) is 2. The number of halogens is 4. The van der Waals surface area contributed by atoms with Crippen LogP contribution in [0.3, 0.4) is 0 Å². The van der Waals surface area contributed by atoms with Crippen LogP contribution in [0.5, 0.6) is 0 Å². The first-order valence-electron chi connectivity index (χ1n) is 5.90. The number of aliphatic hydroxyl groups is 1. The minimum atomic E-state index is -4.29. The van der Waals surface area contributed by atoms with Crippen molar-refractivity contribution < 1.29 is 23.0 Å². The van der Waals surface area contributed by atoms with Gasteiger partial charge in [-0.05, 0) is 36.5 Å². The summed E-state index contributed by atoms with van der Waals surface area (Å²) in [4.78, 5) is 0. The molecular weight excluding hydrogens is 325 g/mol. The molecule has 0 aliphatic carbocycles. The van der Waals surface area contributed by atoms with Gasteiger partial charge in [0.25, 0.3) is 0 Å². The fourth-order valence-electron chi connectivity index (χ4n) is 1.65. The van der Waals surface area contributed by atoms with Gasteiger partial charge in [-0.15, -0.1) is 0 Å². The lowest BCUT2D eigenvalue weighted by Crippen LogP contribution is -2.19. The van der Waals surface area contributed by atoms with E-state index >= 15 is 0 Å². The van der Waals surface area contributed by atoms with Gasteiger partial charge in [-0.3, -0.25) is 0 Å². The summed E-state index contributed by atoms with van der Waals surface area (Å²) in [6.07, 6.45) is -3.26. The predicted octanol–water partition coefficient (Wildman–Crippen LogP) is 3.57. The van der Waals surface area contributed by atoms with Gasteiger partial charge in [-0.25, -0.2) is 0 Å². The lowest BCUT2D eigenvalue weighted by molar-refractivity contribution is -0.174. The average molecular weight is 341 g/mol. The Kier molecular flexibility index (Phi) is 6.82. The average Bonchev–Trinajstić information content (AvgIpc) is 2.34. The van der Waals surface area contributed by atoms with Crippen molar-refractivity contribution in [2.45, 2.75) is 19.0 Å². The Labute approximate surface area is 118 Å². The Morgan fingerprint density at radius 1 is 1.21 bits per heavy atom. The standard InChI is InChI=1S/C13H16BrF3O2/c14-12-3-1-10(2-4-12)7-11(8-18)5-6-19-9-13(15,16)17/h1-4,11,18H,5-9H2. The molecule has 0 amide bonds. The van der Waals surface area contributed by atoms with Crippen molar-refractivity contribution in [3.63, 3.8) is 0 Å². The van der Waals surface area contributed by atoms with Crippen LogP contribution in [0.1, 0.15) is 12.0 Å². The van der Waals surface area contributed by atoms with E-state index < -0.39 is 12.8 Å². The van der Waals surface area contributed by atoms with Crippen LogP contribution in [0.4, 0.5) is 13.2 Å². The smallest absolute Gasteiger partial charge is 0.396 e. The third kappa shape index (κ3) is 7.54. The fraction of sp³-hybridized carbons (Fsp3) is 0.538. The van der Waals surface area contributed by atoms with Crippen LogP contribution in [0, 0.1) is 5.92 Å². The van der Waals surface area contributed by atoms with Gasteiger partial charge < -0.3 is 9.84 Å². The minimum Gasteiger partial charge on any atom is -0.396 e. The van der Waals surface area contributed by atoms with Crippen LogP contribution in [0.25, 0.3) is 0 Å². The largest absolute Gasteiger partial charge is 0.411 e. The normalized spacial score (nSPS) is 13.5. The van der Waals surface area contributed by atoms with Crippen molar-refractivity contribution in [1.29, 1.82) is 0 Å². The van der Waals surface area contributed by atoms with E-state index in [4.69, 9.17) is 0 Å². The summed E-state index contributed by atoms with van der Waals surface area (Å²) < 4.78 is 41.1. The molecule has 0 aliphatic rings. The van der Waals surface area contributed by atoms with Crippen molar-refractivity contribution >= 4 is 15.9 Å². The molecule has 0 bridgehead atoms. The number of ether oxygens (including phenoxy) is 1. The summed E-state index contributed by atoms with van der Waals surface area (Å²) in [5, 5.41) is 9.21. The van der Waals surface area contributed by atoms with E-state index in [1.54, 1.807) is 0 Å². The number of rotatable bonds is 7. The van der Waals surface area contributed by atoms with Gasteiger partial charge in [0, 0.05) is 17.7 Å². The highest BCUT2D eigenvalue weighted by molar-refractivity contribution is 9.10. The minimum absolute atomic E-state index is 0.00125. The monoisotopic (exact) mass is 340 g/mol. The molecule has 0 saturated carbocycles. The maximum absolute atomic E-state index is 11.9. The molecule has 6 heteroatoms. The first-order chi connectivity index (χ1) is 8.90. The first kappa shape index (κ1) is 16.5. The summed E-state index contributed by atoms with van der Waals surface area (Å²) in [7, 11) is 0. The SMILES string of the molecule is OCC(CCOCC(F)(F)F)Cc1ccc(Br)cc1. The van der Waals surface area contributed by atoms with Gasteiger partial charge in [0.2, 0.25) is 0 Å². The molecule has 0 aromatic heterocycles. The van der Waals surface area contributed by atoms with Gasteiger partial charge in [0.15, 0.2) is 0 Å². The molecule has 1 unspecified atom stereocenters. The van der Waals surface area contributed by atoms with E-state index in [1.807, 2.05) is 24.3 Å². The van der Waals surface area contributed by atoms with E-state index in [2.05, 4.69) is 20.7 Å². The molecule has 0 fully saturated rings. The van der Waals surface area contributed by atoms with E-state index in [1.165, 1.54) is 0 Å². The van der Waals surface area contributed by atoms with E-state index in [-0.39, 0.29) is 19.1 Å². The van der Waals surface area contributed by atoms with Crippen LogP contribution in [0.2, 0.25) is 0 Å². The summed E-state index contributed by atoms with van der Waals surface area (Å²) in [6, 6.07) is 7.63. The van der Waals surface area contributed by atoms with E-state index in [0.29, 0.717) is 12.8 Å². The van der Waals surface area contributed by atoms with Gasteiger partial charge in [0.05, 0.1) is 0 Å². The van der Waals surface area contributed by atoms with Gasteiger partial charge in [-0.1, -0.05) is 28.1 Å². The zero-order valence-electron chi connectivity index (χ0n) is 10.3. The van der Waals surface area contributed by atoms with Crippen molar-refractivity contribution in [2.24, 2.45) is 5.92 Å². The van der Waals surface area contributed by atoms with Crippen molar-refractivity contribution in [1.82, 2.24) is 0 Å². The Bertz CT molecular complexity index is 365. The topological polar surface area (TPSA) is 29.5 Å². The summed E-state index contributed by atoms with van der Waals surface area (Å²) in [5.41, 5.74) is 1.04. The van der Waals surface area contributed by atoms with Crippen molar-refractivity contribution in [2.75, 3.05) is 19.8 Å². The highest BCUT2D eigenvalue weighted by atomic mass is 79.9. The van der Waals surface area contributed by atoms with E-state index in [9.17, 15) is 18.3 Å². The van der Waals surface area contributed by atoms with Crippen molar-refractivity contribution in [3.8, 4) is 0 Å². The molecule has 2 nitrogen and oxygen atoms in total. The van der Waals surface area contributed by atoms with Crippen LogP contribution in [-0.4, -0.2) is 31.1 Å². The van der Waals surface area contributed by atoms with Crippen LogP contribution in [0.15, 0.2) is 28.7 Å². The molecule has 1 atom stereocenters. The molecule has 1 rings (SSSR count). The van der Waals surface area contributed by atoms with E-state index in [0.717, 1.165) is 10.0 Å². The van der Waals surface area contributed by atoms with Crippen LogP contribution in [-0.2, 0) is 11.2 Å². The second-order valence-corrected chi connectivity index (χ2v) is 5.25. The Morgan fingerprint density at radius 3 is 2.37 bits per heavy atom. The maximum Gasteiger partial charge on any atom is 0.411 e. The number of hydrogen-bond donors (Lipinski definition) is 1. The second-order valence-electron chi connectivity index (χ2n) is 4.34. The molecule has 0 saturated heterocycles. The Morgan fingerprint density at radius 2 is 1.84 bits per heavy atom. The highest BCUT2D eigenvalue weighted by Crippen LogP contribution is 2.17. The molecular formula is C13H16BrF3O2. The fourth-order valence-corrected chi connectivity index (χ4v) is 1.91. The highest BCUT2D eigenvalue weighted by Gasteiger charge is 2.27. The zero-order valence-corrected chi connectivity index (χ0v) is 11.9. The first-order valence-corrected chi connectivity index (χ1v) is 6.70. The molecule has 108 valence electrons. The molecule has 19 heavy (non-hydrogen) atoms. The quantitative estimate of drug-likeness (QED) is 0.769. The lowest BCUT2D eigenvalue weighted by atomic mass is 9.97. The van der Waals surface area contributed by atoms with Crippen LogP contribution < -0.4 is 0 Å². The Hall–Kier alpha value is -0.590. The predicted molar refractivity (Wildman–Crippen MR) is 69.9 cm³/mol. The summed E-state index contributed by atoms with van der Waals surface area (Å²) >= 11 is 3.32. The molecule has 1 aromatic carbocycles. The number of benzene rings is 1. The van der Waals surface area contributed by atoms with Crippen molar-refractivity contribution in [3.05, 3.63) is 34.3 Å². The molecule has 1 N–H and O–H groups in total. The molecule has 0 aliphatic heterocycles. The summed E-state index contributed by atoms with van der Waals surface area (Å²) in [6.45, 7) is -1.30. The molecule has 0 radical (unpaired) electrons. The third-order valence-corrected chi connectivity index (χ3v) is 3.16. The lowest BCUT2D eigenvalue weighted by Gasteiger charge is -2.15. The second kappa shape index (κ2) is 7.87. The maximum atomic E-state index is 11.9. The molecule has 0 spiro atoms. The van der Waals surface area contributed by atoms with Gasteiger partial charge in [-0.2, -0.15) is 13.2 Å². The molecule has 0 heterocycles. The van der Waals surface area contributed by atoms with Gasteiger partial charge >= 0.3 is 6.18 Å². The number of aliphatic hydroxyl groups excluding tert-OH is 1.